The Morgan fingerprint density at radius 1 is 1.06 bits per heavy atom. The molecular formula is C16H14O. The van der Waals surface area contributed by atoms with E-state index in [1.54, 1.807) is 6.08 Å². The van der Waals surface area contributed by atoms with E-state index in [1.165, 1.54) is 10.8 Å². The van der Waals surface area contributed by atoms with E-state index in [2.05, 4.69) is 24.3 Å². The van der Waals surface area contributed by atoms with Crippen molar-refractivity contribution in [2.75, 3.05) is 0 Å². The highest BCUT2D eigenvalue weighted by Crippen LogP contribution is 2.30. The predicted molar refractivity (Wildman–Crippen MR) is 70.7 cm³/mol. The van der Waals surface area contributed by atoms with Gasteiger partial charge in [-0.1, -0.05) is 48.5 Å². The zero-order chi connectivity index (χ0) is 11.7. The molecule has 1 aliphatic rings. The molecule has 0 radical (unpaired) electrons. The number of hydrogen-bond donors (Lipinski definition) is 0. The Balaban J connectivity index is 1.96. The van der Waals surface area contributed by atoms with Crippen LogP contribution >= 0.6 is 0 Å². The van der Waals surface area contributed by atoms with Crippen molar-refractivity contribution in [2.24, 2.45) is 5.92 Å². The van der Waals surface area contributed by atoms with Gasteiger partial charge >= 0.3 is 0 Å². The number of hydrogen-bond acceptors (Lipinski definition) is 1. The van der Waals surface area contributed by atoms with E-state index < -0.39 is 0 Å². The first-order valence-corrected chi connectivity index (χ1v) is 6.04. The number of carbonyl (C=O) groups excluding carboxylic acids is 1. The average Bonchev–Trinajstić information content (AvgIpc) is 3.20. The van der Waals surface area contributed by atoms with Gasteiger partial charge in [-0.2, -0.15) is 0 Å². The van der Waals surface area contributed by atoms with Crippen LogP contribution in [0.25, 0.3) is 16.8 Å². The molecule has 0 aromatic heterocycles. The molecule has 1 nitrogen and oxygen atoms in total. The van der Waals surface area contributed by atoms with Gasteiger partial charge in [0.2, 0.25) is 0 Å². The lowest BCUT2D eigenvalue weighted by Crippen LogP contribution is -1.93. The van der Waals surface area contributed by atoms with Gasteiger partial charge in [-0.15, -0.1) is 0 Å². The molecule has 0 aliphatic heterocycles. The van der Waals surface area contributed by atoms with Crippen molar-refractivity contribution in [3.05, 3.63) is 54.1 Å². The van der Waals surface area contributed by atoms with Crippen molar-refractivity contribution >= 4 is 22.6 Å². The number of carbonyl (C=O) groups is 1. The van der Waals surface area contributed by atoms with Crippen molar-refractivity contribution in [2.45, 2.75) is 12.8 Å². The predicted octanol–water partition coefficient (Wildman–Crippen LogP) is 3.83. The number of fused-ring (bicyclic) bond motifs is 1. The Morgan fingerprint density at radius 3 is 2.65 bits per heavy atom. The molecule has 0 amide bonds. The van der Waals surface area contributed by atoms with Crippen LogP contribution in [0.15, 0.2) is 48.5 Å². The monoisotopic (exact) mass is 222 g/mol. The van der Waals surface area contributed by atoms with Gasteiger partial charge in [0.1, 0.15) is 0 Å². The summed E-state index contributed by atoms with van der Waals surface area (Å²) in [6.07, 6.45) is 5.82. The van der Waals surface area contributed by atoms with Crippen LogP contribution in [0.4, 0.5) is 0 Å². The Morgan fingerprint density at radius 2 is 1.82 bits per heavy atom. The van der Waals surface area contributed by atoms with Gasteiger partial charge in [0.05, 0.1) is 0 Å². The average molecular weight is 222 g/mol. The highest BCUT2D eigenvalue weighted by molar-refractivity contribution is 5.99. The lowest BCUT2D eigenvalue weighted by atomic mass is 10.0. The summed E-state index contributed by atoms with van der Waals surface area (Å²) < 4.78 is 0. The zero-order valence-corrected chi connectivity index (χ0v) is 9.60. The molecule has 0 heterocycles. The Bertz CT molecular complexity index is 586. The van der Waals surface area contributed by atoms with Gasteiger partial charge < -0.3 is 0 Å². The van der Waals surface area contributed by atoms with Crippen LogP contribution in [-0.2, 0) is 4.79 Å². The minimum absolute atomic E-state index is 0.276. The molecule has 17 heavy (non-hydrogen) atoms. The molecule has 3 rings (SSSR count). The fourth-order valence-electron chi connectivity index (χ4n) is 2.07. The van der Waals surface area contributed by atoms with Crippen molar-refractivity contribution < 1.29 is 4.79 Å². The fraction of sp³-hybridized carbons (Fsp3) is 0.188. The van der Waals surface area contributed by atoms with E-state index >= 15 is 0 Å². The first kappa shape index (κ1) is 10.3. The molecule has 0 N–H and O–H groups in total. The van der Waals surface area contributed by atoms with Crippen molar-refractivity contribution in [1.29, 1.82) is 0 Å². The van der Waals surface area contributed by atoms with Gasteiger partial charge in [-0.25, -0.2) is 0 Å². The molecule has 84 valence electrons. The maximum absolute atomic E-state index is 11.6. The van der Waals surface area contributed by atoms with Crippen molar-refractivity contribution in [1.82, 2.24) is 0 Å². The third-order valence-corrected chi connectivity index (χ3v) is 3.23. The van der Waals surface area contributed by atoms with Crippen molar-refractivity contribution in [3.8, 4) is 0 Å². The highest BCUT2D eigenvalue weighted by atomic mass is 16.1. The second-order valence-corrected chi connectivity index (χ2v) is 4.58. The summed E-state index contributed by atoms with van der Waals surface area (Å²) in [6, 6.07) is 14.4. The zero-order valence-electron chi connectivity index (χ0n) is 9.60. The van der Waals surface area contributed by atoms with E-state index in [0.717, 1.165) is 18.4 Å². The van der Waals surface area contributed by atoms with Gasteiger partial charge in [0.25, 0.3) is 0 Å². The van der Waals surface area contributed by atoms with Crippen LogP contribution in [0.2, 0.25) is 0 Å². The van der Waals surface area contributed by atoms with Gasteiger partial charge in [-0.3, -0.25) is 4.79 Å². The van der Waals surface area contributed by atoms with Crippen LogP contribution in [0.3, 0.4) is 0 Å². The molecule has 1 heteroatoms. The van der Waals surface area contributed by atoms with Crippen LogP contribution in [0, 0.1) is 5.92 Å². The molecule has 0 spiro atoms. The normalized spacial score (nSPS) is 15.5. The molecule has 0 unspecified atom stereocenters. The van der Waals surface area contributed by atoms with Gasteiger partial charge in [-0.05, 0) is 35.3 Å². The maximum atomic E-state index is 11.6. The number of benzene rings is 2. The fourth-order valence-corrected chi connectivity index (χ4v) is 2.07. The van der Waals surface area contributed by atoms with Crippen LogP contribution in [0.5, 0.6) is 0 Å². The molecule has 1 fully saturated rings. The Kier molecular flexibility index (Phi) is 2.52. The van der Waals surface area contributed by atoms with Crippen LogP contribution in [-0.4, -0.2) is 5.78 Å². The largest absolute Gasteiger partial charge is 0.295 e. The quantitative estimate of drug-likeness (QED) is 0.721. The SMILES string of the molecule is O=C(C=Cc1cccc2ccccc12)C1CC1. The Labute approximate surface area is 101 Å². The smallest absolute Gasteiger partial charge is 0.158 e. The topological polar surface area (TPSA) is 17.1 Å². The molecule has 0 bridgehead atoms. The summed E-state index contributed by atoms with van der Waals surface area (Å²) in [4.78, 5) is 11.6. The van der Waals surface area contributed by atoms with Gasteiger partial charge in [0, 0.05) is 5.92 Å². The molecule has 0 saturated heterocycles. The summed E-state index contributed by atoms with van der Waals surface area (Å²) in [5.74, 6) is 0.583. The minimum Gasteiger partial charge on any atom is -0.295 e. The second-order valence-electron chi connectivity index (χ2n) is 4.58. The lowest BCUT2D eigenvalue weighted by Gasteiger charge is -2.01. The van der Waals surface area contributed by atoms with E-state index in [1.807, 2.05) is 24.3 Å². The number of rotatable bonds is 3. The Hall–Kier alpha value is -1.89. The number of ketones is 1. The third-order valence-electron chi connectivity index (χ3n) is 3.23. The standard InChI is InChI=1S/C16H14O/c17-16(14-8-9-14)11-10-13-6-3-5-12-4-1-2-7-15(12)13/h1-7,10-11,14H,8-9H2. The second kappa shape index (κ2) is 4.17. The van der Waals surface area contributed by atoms with Crippen molar-refractivity contribution in [3.63, 3.8) is 0 Å². The first-order valence-electron chi connectivity index (χ1n) is 6.04. The van der Waals surface area contributed by atoms with E-state index in [9.17, 15) is 4.79 Å². The van der Waals surface area contributed by atoms with E-state index in [-0.39, 0.29) is 5.78 Å². The number of allylic oxidation sites excluding steroid dienone is 1. The third kappa shape index (κ3) is 2.14. The summed E-state index contributed by atoms with van der Waals surface area (Å²) in [5.41, 5.74) is 1.12. The first-order chi connectivity index (χ1) is 8.34. The maximum Gasteiger partial charge on any atom is 0.158 e. The lowest BCUT2D eigenvalue weighted by molar-refractivity contribution is -0.115. The van der Waals surface area contributed by atoms with E-state index in [0.29, 0.717) is 5.92 Å². The molecule has 0 atom stereocenters. The molecule has 1 saturated carbocycles. The van der Waals surface area contributed by atoms with E-state index in [4.69, 9.17) is 0 Å². The summed E-state index contributed by atoms with van der Waals surface area (Å²) in [7, 11) is 0. The van der Waals surface area contributed by atoms with Crippen LogP contribution < -0.4 is 0 Å². The summed E-state index contributed by atoms with van der Waals surface area (Å²) in [5, 5.41) is 2.42. The molecule has 2 aromatic carbocycles. The summed E-state index contributed by atoms with van der Waals surface area (Å²) in [6.45, 7) is 0. The highest BCUT2D eigenvalue weighted by Gasteiger charge is 2.27. The van der Waals surface area contributed by atoms with Crippen LogP contribution in [0.1, 0.15) is 18.4 Å². The molecule has 2 aromatic rings. The molecule has 1 aliphatic carbocycles. The molecular weight excluding hydrogens is 208 g/mol. The summed E-state index contributed by atoms with van der Waals surface area (Å²) >= 11 is 0. The minimum atomic E-state index is 0.276. The van der Waals surface area contributed by atoms with Gasteiger partial charge in [0.15, 0.2) is 5.78 Å².